The van der Waals surface area contributed by atoms with Gasteiger partial charge in [-0.1, -0.05) is 25.6 Å². The highest BCUT2D eigenvalue weighted by Gasteiger charge is 2.11. The summed E-state index contributed by atoms with van der Waals surface area (Å²) in [4.78, 5) is 0. The Morgan fingerprint density at radius 1 is 1.24 bits per heavy atom. The topological polar surface area (TPSA) is 39.7 Å². The Hall–Kier alpha value is -1.52. The molecule has 4 nitrogen and oxygen atoms in total. The Kier molecular flexibility index (Phi) is 8.55. The van der Waals surface area contributed by atoms with Crippen LogP contribution in [0.3, 0.4) is 0 Å². The molecule has 0 atom stereocenters. The standard InChI is InChI=1S/C17H27NO3/c1-5-14(3)13-21-17-15(12-18-10-11-19-4)8-7-9-16(17)20-6-2/h7-9,18H,3,5-6,10-13H2,1-2,4H3. The zero-order valence-electron chi connectivity index (χ0n) is 13.4. The van der Waals surface area contributed by atoms with E-state index in [-0.39, 0.29) is 0 Å². The van der Waals surface area contributed by atoms with Crippen molar-refractivity contribution in [2.24, 2.45) is 0 Å². The van der Waals surface area contributed by atoms with Crippen LogP contribution in [0.2, 0.25) is 0 Å². The first kappa shape index (κ1) is 17.5. The minimum atomic E-state index is 0.520. The Bertz CT molecular complexity index is 432. The summed E-state index contributed by atoms with van der Waals surface area (Å²) in [6, 6.07) is 5.97. The number of methoxy groups -OCH3 is 1. The summed E-state index contributed by atoms with van der Waals surface area (Å²) in [5.74, 6) is 1.59. The largest absolute Gasteiger partial charge is 0.490 e. The molecule has 0 amide bonds. The van der Waals surface area contributed by atoms with Gasteiger partial charge < -0.3 is 19.5 Å². The van der Waals surface area contributed by atoms with Crippen LogP contribution >= 0.6 is 0 Å². The van der Waals surface area contributed by atoms with Gasteiger partial charge in [0, 0.05) is 25.8 Å². The molecule has 0 radical (unpaired) electrons. The first-order valence-corrected chi connectivity index (χ1v) is 7.46. The molecule has 1 rings (SSSR count). The van der Waals surface area contributed by atoms with Crippen molar-refractivity contribution in [2.75, 3.05) is 33.5 Å². The lowest BCUT2D eigenvalue weighted by molar-refractivity contribution is 0.199. The lowest BCUT2D eigenvalue weighted by Gasteiger charge is -2.17. The molecule has 21 heavy (non-hydrogen) atoms. The third-order valence-electron chi connectivity index (χ3n) is 3.08. The second-order valence-corrected chi connectivity index (χ2v) is 4.74. The lowest BCUT2D eigenvalue weighted by Crippen LogP contribution is -2.19. The number of hydrogen-bond donors (Lipinski definition) is 1. The molecule has 0 heterocycles. The predicted molar refractivity (Wildman–Crippen MR) is 86.1 cm³/mol. The molecular weight excluding hydrogens is 266 g/mol. The van der Waals surface area contributed by atoms with Crippen molar-refractivity contribution in [3.8, 4) is 11.5 Å². The predicted octanol–water partition coefficient (Wildman–Crippen LogP) is 3.17. The summed E-state index contributed by atoms with van der Waals surface area (Å²) in [6.07, 6.45) is 0.915. The lowest BCUT2D eigenvalue weighted by atomic mass is 10.1. The maximum absolute atomic E-state index is 5.93. The Balaban J connectivity index is 2.78. The van der Waals surface area contributed by atoms with Crippen molar-refractivity contribution in [3.05, 3.63) is 35.9 Å². The van der Waals surface area contributed by atoms with Gasteiger partial charge >= 0.3 is 0 Å². The van der Waals surface area contributed by atoms with E-state index in [1.807, 2.05) is 25.1 Å². The normalized spacial score (nSPS) is 10.4. The maximum Gasteiger partial charge on any atom is 0.166 e. The highest BCUT2D eigenvalue weighted by Crippen LogP contribution is 2.31. The van der Waals surface area contributed by atoms with Crippen LogP contribution < -0.4 is 14.8 Å². The fraction of sp³-hybridized carbons (Fsp3) is 0.529. The third-order valence-corrected chi connectivity index (χ3v) is 3.08. The monoisotopic (exact) mass is 293 g/mol. The van der Waals surface area contributed by atoms with Gasteiger partial charge in [0.15, 0.2) is 11.5 Å². The fourth-order valence-corrected chi connectivity index (χ4v) is 1.81. The quantitative estimate of drug-likeness (QED) is 0.502. The average Bonchev–Trinajstić information content (AvgIpc) is 2.50. The van der Waals surface area contributed by atoms with Crippen LogP contribution in [-0.4, -0.2) is 33.5 Å². The Labute approximate surface area is 128 Å². The molecule has 0 aliphatic carbocycles. The summed E-state index contributed by atoms with van der Waals surface area (Å²) in [5, 5.41) is 3.33. The first-order valence-electron chi connectivity index (χ1n) is 7.46. The first-order chi connectivity index (χ1) is 10.2. The number of para-hydroxylation sites is 1. The molecule has 0 aliphatic rings. The number of benzene rings is 1. The minimum absolute atomic E-state index is 0.520. The number of nitrogens with one attached hydrogen (secondary N) is 1. The van der Waals surface area contributed by atoms with E-state index >= 15 is 0 Å². The van der Waals surface area contributed by atoms with Gasteiger partial charge in [0.05, 0.1) is 13.2 Å². The van der Waals surface area contributed by atoms with Gasteiger partial charge in [-0.3, -0.25) is 0 Å². The summed E-state index contributed by atoms with van der Waals surface area (Å²) < 4.78 is 16.6. The summed E-state index contributed by atoms with van der Waals surface area (Å²) in [6.45, 7) is 11.4. The fourth-order valence-electron chi connectivity index (χ4n) is 1.81. The highest BCUT2D eigenvalue weighted by molar-refractivity contribution is 5.46. The van der Waals surface area contributed by atoms with Crippen molar-refractivity contribution in [1.82, 2.24) is 5.32 Å². The summed E-state index contributed by atoms with van der Waals surface area (Å²) >= 11 is 0. The second kappa shape index (κ2) is 10.2. The molecule has 0 fully saturated rings. The molecule has 0 aliphatic heterocycles. The number of hydrogen-bond acceptors (Lipinski definition) is 4. The average molecular weight is 293 g/mol. The summed E-state index contributed by atoms with van der Waals surface area (Å²) in [7, 11) is 1.70. The van der Waals surface area contributed by atoms with Crippen LogP contribution in [0.15, 0.2) is 30.4 Å². The molecule has 0 aromatic heterocycles. The van der Waals surface area contributed by atoms with E-state index in [9.17, 15) is 0 Å². The van der Waals surface area contributed by atoms with Crippen molar-refractivity contribution < 1.29 is 14.2 Å². The van der Waals surface area contributed by atoms with Gasteiger partial charge in [-0.25, -0.2) is 0 Å². The second-order valence-electron chi connectivity index (χ2n) is 4.74. The number of ether oxygens (including phenoxy) is 3. The molecule has 1 aromatic rings. The van der Waals surface area contributed by atoms with Crippen LogP contribution in [0.1, 0.15) is 25.8 Å². The van der Waals surface area contributed by atoms with Gasteiger partial charge in [-0.2, -0.15) is 0 Å². The highest BCUT2D eigenvalue weighted by atomic mass is 16.5. The van der Waals surface area contributed by atoms with E-state index in [1.165, 1.54) is 0 Å². The Morgan fingerprint density at radius 2 is 2.05 bits per heavy atom. The van der Waals surface area contributed by atoms with Gasteiger partial charge in [0.2, 0.25) is 0 Å². The SMILES string of the molecule is C=C(CC)COc1c(CNCCOC)cccc1OCC. The van der Waals surface area contributed by atoms with Crippen LogP contribution in [0.25, 0.3) is 0 Å². The zero-order valence-corrected chi connectivity index (χ0v) is 13.4. The molecule has 0 saturated heterocycles. The van der Waals surface area contributed by atoms with E-state index in [2.05, 4.69) is 18.8 Å². The van der Waals surface area contributed by atoms with Crippen molar-refractivity contribution in [1.29, 1.82) is 0 Å². The molecule has 0 saturated carbocycles. The van der Waals surface area contributed by atoms with Crippen LogP contribution in [0.4, 0.5) is 0 Å². The van der Waals surface area contributed by atoms with Crippen LogP contribution in [-0.2, 0) is 11.3 Å². The van der Waals surface area contributed by atoms with Crippen molar-refractivity contribution >= 4 is 0 Å². The van der Waals surface area contributed by atoms with Gasteiger partial charge in [-0.15, -0.1) is 0 Å². The van der Waals surface area contributed by atoms with Crippen LogP contribution in [0, 0.1) is 0 Å². The summed E-state index contributed by atoms with van der Waals surface area (Å²) in [5.41, 5.74) is 2.15. The Morgan fingerprint density at radius 3 is 2.71 bits per heavy atom. The van der Waals surface area contributed by atoms with E-state index in [1.54, 1.807) is 7.11 Å². The molecule has 1 N–H and O–H groups in total. The molecule has 0 unspecified atom stereocenters. The molecule has 0 bridgehead atoms. The van der Waals surface area contributed by atoms with Crippen molar-refractivity contribution in [3.63, 3.8) is 0 Å². The zero-order chi connectivity index (χ0) is 15.5. The molecule has 118 valence electrons. The van der Waals surface area contributed by atoms with Gasteiger partial charge in [-0.05, 0) is 25.0 Å². The molecule has 1 aromatic carbocycles. The van der Waals surface area contributed by atoms with E-state index in [4.69, 9.17) is 14.2 Å². The van der Waals surface area contributed by atoms with Gasteiger partial charge in [0.1, 0.15) is 6.61 Å². The molecule has 4 heteroatoms. The van der Waals surface area contributed by atoms with E-state index < -0.39 is 0 Å². The molecular formula is C17H27NO3. The van der Waals surface area contributed by atoms with Gasteiger partial charge in [0.25, 0.3) is 0 Å². The van der Waals surface area contributed by atoms with Crippen LogP contribution in [0.5, 0.6) is 11.5 Å². The number of rotatable bonds is 11. The molecule has 0 spiro atoms. The maximum atomic E-state index is 5.93. The third kappa shape index (κ3) is 6.19. The smallest absolute Gasteiger partial charge is 0.166 e. The van der Waals surface area contributed by atoms with Crippen molar-refractivity contribution in [2.45, 2.75) is 26.8 Å². The van der Waals surface area contributed by atoms with E-state index in [0.29, 0.717) is 19.8 Å². The van der Waals surface area contributed by atoms with E-state index in [0.717, 1.165) is 42.1 Å². The minimum Gasteiger partial charge on any atom is -0.490 e.